The molecule has 8 heavy (non-hydrogen) atoms. The third-order valence-electron chi connectivity index (χ3n) is 1.53. The minimum absolute atomic E-state index is 0.278. The van der Waals surface area contributed by atoms with E-state index >= 15 is 0 Å². The fraction of sp³-hybridized carbons (Fsp3) is 0.571. The Morgan fingerprint density at radius 1 is 1.75 bits per heavy atom. The predicted octanol–water partition coefficient (Wildman–Crippen LogP) is 1.54. The van der Waals surface area contributed by atoms with Crippen LogP contribution in [-0.4, -0.2) is 5.78 Å². The smallest absolute Gasteiger partial charge is 0.158 e. The summed E-state index contributed by atoms with van der Waals surface area (Å²) in [5, 5.41) is 0. The van der Waals surface area contributed by atoms with Gasteiger partial charge in [0.15, 0.2) is 5.78 Å². The summed E-state index contributed by atoms with van der Waals surface area (Å²) in [6, 6.07) is 0. The van der Waals surface area contributed by atoms with Crippen LogP contribution >= 0.6 is 0 Å². The summed E-state index contributed by atoms with van der Waals surface area (Å²) >= 11 is 0. The Labute approximate surface area is 49.4 Å². The van der Waals surface area contributed by atoms with Gasteiger partial charge in [-0.3, -0.25) is 4.79 Å². The van der Waals surface area contributed by atoms with Gasteiger partial charge in [-0.05, 0) is 18.9 Å². The molecule has 0 amide bonds. The van der Waals surface area contributed by atoms with E-state index in [2.05, 4.69) is 0 Å². The van der Waals surface area contributed by atoms with Crippen LogP contribution in [0.3, 0.4) is 0 Å². The maximum absolute atomic E-state index is 10.7. The largest absolute Gasteiger partial charge is 0.295 e. The highest BCUT2D eigenvalue weighted by Gasteiger charge is 2.11. The lowest BCUT2D eigenvalue weighted by Crippen LogP contribution is -2.10. The van der Waals surface area contributed by atoms with Gasteiger partial charge < -0.3 is 0 Å². The molecule has 0 unspecified atom stereocenters. The molecule has 1 nitrogen and oxygen atoms in total. The molecule has 0 aromatic heterocycles. The van der Waals surface area contributed by atoms with Gasteiger partial charge in [0.25, 0.3) is 0 Å². The van der Waals surface area contributed by atoms with Gasteiger partial charge in [0.2, 0.25) is 0 Å². The molecule has 1 aliphatic rings. The molecule has 1 heteroatoms. The molecule has 0 saturated heterocycles. The standard InChI is InChI=1S/C7H10O/c1-6-4-2-3-5-7(6)8/h3,5-6H,2,4H2,1H3/t6-/m1/s1. The van der Waals surface area contributed by atoms with Gasteiger partial charge in [0, 0.05) is 5.92 Å². The summed E-state index contributed by atoms with van der Waals surface area (Å²) in [6.45, 7) is 1.98. The highest BCUT2D eigenvalue weighted by Crippen LogP contribution is 2.12. The summed E-state index contributed by atoms with van der Waals surface area (Å²) in [5.74, 6) is 0.566. The molecule has 0 heterocycles. The van der Waals surface area contributed by atoms with Crippen molar-refractivity contribution >= 4 is 5.78 Å². The van der Waals surface area contributed by atoms with E-state index in [0.29, 0.717) is 0 Å². The summed E-state index contributed by atoms with van der Waals surface area (Å²) in [5.41, 5.74) is 0. The van der Waals surface area contributed by atoms with Crippen LogP contribution < -0.4 is 0 Å². The second-order valence-electron chi connectivity index (χ2n) is 2.28. The zero-order valence-corrected chi connectivity index (χ0v) is 5.05. The molecule has 0 N–H and O–H groups in total. The maximum atomic E-state index is 10.7. The normalized spacial score (nSPS) is 28.6. The van der Waals surface area contributed by atoms with Crippen molar-refractivity contribution in [2.24, 2.45) is 5.92 Å². The maximum Gasteiger partial charge on any atom is 0.158 e. The van der Waals surface area contributed by atoms with Gasteiger partial charge in [-0.2, -0.15) is 0 Å². The number of hydrogen-bond donors (Lipinski definition) is 0. The van der Waals surface area contributed by atoms with Gasteiger partial charge in [0.1, 0.15) is 0 Å². The first kappa shape index (κ1) is 5.54. The van der Waals surface area contributed by atoms with Crippen LogP contribution in [0.15, 0.2) is 12.2 Å². The Balaban J connectivity index is 2.60. The quantitative estimate of drug-likeness (QED) is 0.462. The van der Waals surface area contributed by atoms with Crippen molar-refractivity contribution < 1.29 is 4.79 Å². The van der Waals surface area contributed by atoms with Crippen molar-refractivity contribution in [3.63, 3.8) is 0 Å². The molecule has 1 atom stereocenters. The SMILES string of the molecule is C[C@@H]1CCC=CC1=O. The lowest BCUT2D eigenvalue weighted by Gasteiger charge is -2.08. The van der Waals surface area contributed by atoms with E-state index in [1.807, 2.05) is 13.0 Å². The van der Waals surface area contributed by atoms with Crippen molar-refractivity contribution in [2.75, 3.05) is 0 Å². The molecule has 0 saturated carbocycles. The average molecular weight is 110 g/mol. The molecular formula is C7H10O. The zero-order chi connectivity index (χ0) is 5.98. The van der Waals surface area contributed by atoms with E-state index < -0.39 is 0 Å². The van der Waals surface area contributed by atoms with Gasteiger partial charge in [-0.15, -0.1) is 0 Å². The van der Waals surface area contributed by atoms with Crippen molar-refractivity contribution in [1.82, 2.24) is 0 Å². The number of carbonyl (C=O) groups is 1. The monoisotopic (exact) mass is 110 g/mol. The molecule has 1 rings (SSSR count). The Kier molecular flexibility index (Phi) is 1.47. The summed E-state index contributed by atoms with van der Waals surface area (Å²) in [4.78, 5) is 10.7. The number of carbonyl (C=O) groups excluding carboxylic acids is 1. The molecule has 44 valence electrons. The van der Waals surface area contributed by atoms with Crippen molar-refractivity contribution in [3.8, 4) is 0 Å². The van der Waals surface area contributed by atoms with Crippen LogP contribution in [0.25, 0.3) is 0 Å². The van der Waals surface area contributed by atoms with E-state index in [4.69, 9.17) is 0 Å². The Morgan fingerprint density at radius 2 is 2.50 bits per heavy atom. The van der Waals surface area contributed by atoms with Gasteiger partial charge in [-0.1, -0.05) is 13.0 Å². The van der Waals surface area contributed by atoms with Crippen LogP contribution in [0.2, 0.25) is 0 Å². The topological polar surface area (TPSA) is 17.1 Å². The van der Waals surface area contributed by atoms with E-state index in [9.17, 15) is 4.79 Å². The highest BCUT2D eigenvalue weighted by molar-refractivity contribution is 5.92. The van der Waals surface area contributed by atoms with Crippen LogP contribution in [0.4, 0.5) is 0 Å². The Hall–Kier alpha value is -0.590. The molecule has 0 spiro atoms. The minimum atomic E-state index is 0.278. The molecule has 0 aromatic carbocycles. The first-order chi connectivity index (χ1) is 3.80. The highest BCUT2D eigenvalue weighted by atomic mass is 16.1. The van der Waals surface area contributed by atoms with Gasteiger partial charge in [-0.25, -0.2) is 0 Å². The molecule has 0 aromatic rings. The zero-order valence-electron chi connectivity index (χ0n) is 5.05. The number of hydrogen-bond acceptors (Lipinski definition) is 1. The van der Waals surface area contributed by atoms with Gasteiger partial charge >= 0.3 is 0 Å². The van der Waals surface area contributed by atoms with Crippen LogP contribution in [-0.2, 0) is 4.79 Å². The third-order valence-corrected chi connectivity index (χ3v) is 1.53. The summed E-state index contributed by atoms with van der Waals surface area (Å²) < 4.78 is 0. The van der Waals surface area contributed by atoms with Crippen molar-refractivity contribution in [1.29, 1.82) is 0 Å². The first-order valence-electron chi connectivity index (χ1n) is 3.01. The van der Waals surface area contributed by atoms with Gasteiger partial charge in [0.05, 0.1) is 0 Å². The molecule has 0 bridgehead atoms. The molecule has 0 aliphatic heterocycles. The second-order valence-corrected chi connectivity index (χ2v) is 2.28. The van der Waals surface area contributed by atoms with Crippen LogP contribution in [0, 0.1) is 5.92 Å². The van der Waals surface area contributed by atoms with E-state index in [1.165, 1.54) is 0 Å². The molecule has 0 fully saturated rings. The summed E-state index contributed by atoms with van der Waals surface area (Å²) in [7, 11) is 0. The fourth-order valence-electron chi connectivity index (χ4n) is 0.852. The number of rotatable bonds is 0. The first-order valence-corrected chi connectivity index (χ1v) is 3.01. The van der Waals surface area contributed by atoms with Crippen LogP contribution in [0.1, 0.15) is 19.8 Å². The minimum Gasteiger partial charge on any atom is -0.295 e. The number of ketones is 1. The van der Waals surface area contributed by atoms with Crippen molar-refractivity contribution in [3.05, 3.63) is 12.2 Å². The predicted molar refractivity (Wildman–Crippen MR) is 32.5 cm³/mol. The lowest BCUT2D eigenvalue weighted by molar-refractivity contribution is -0.118. The van der Waals surface area contributed by atoms with E-state index in [1.54, 1.807) is 6.08 Å². The Morgan fingerprint density at radius 3 is 2.88 bits per heavy atom. The summed E-state index contributed by atoms with van der Waals surface area (Å²) in [6.07, 6.45) is 5.75. The molecule has 1 aliphatic carbocycles. The lowest BCUT2D eigenvalue weighted by atomic mass is 9.95. The number of allylic oxidation sites excluding steroid dienone is 2. The van der Waals surface area contributed by atoms with Crippen LogP contribution in [0.5, 0.6) is 0 Å². The van der Waals surface area contributed by atoms with E-state index in [0.717, 1.165) is 12.8 Å². The molecular weight excluding hydrogens is 100 g/mol. The van der Waals surface area contributed by atoms with Crippen molar-refractivity contribution in [2.45, 2.75) is 19.8 Å². The Bertz CT molecular complexity index is 124. The molecule has 0 radical (unpaired) electrons. The second kappa shape index (κ2) is 2.12. The average Bonchev–Trinajstić information content (AvgIpc) is 1.77. The third kappa shape index (κ3) is 0.971. The van der Waals surface area contributed by atoms with E-state index in [-0.39, 0.29) is 11.7 Å². The fourth-order valence-corrected chi connectivity index (χ4v) is 0.852.